The summed E-state index contributed by atoms with van der Waals surface area (Å²) in [5.74, 6) is -0.431. The molecule has 0 bridgehead atoms. The van der Waals surface area contributed by atoms with Gasteiger partial charge in [0.2, 0.25) is 0 Å². The molecule has 0 radical (unpaired) electrons. The molecule has 100 valence electrons. The van der Waals surface area contributed by atoms with E-state index in [1.807, 2.05) is 13.8 Å². The lowest BCUT2D eigenvalue weighted by Crippen LogP contribution is -2.35. The van der Waals surface area contributed by atoms with Crippen LogP contribution in [0.25, 0.3) is 11.2 Å². The van der Waals surface area contributed by atoms with Crippen LogP contribution in [0.5, 0.6) is 0 Å². The van der Waals surface area contributed by atoms with Crippen molar-refractivity contribution in [3.8, 4) is 0 Å². The van der Waals surface area contributed by atoms with Crippen LogP contribution in [0.2, 0.25) is 0 Å². The molecule has 0 aliphatic heterocycles. The lowest BCUT2D eigenvalue weighted by atomic mass is 10.3. The molecule has 0 spiro atoms. The van der Waals surface area contributed by atoms with E-state index < -0.39 is 11.5 Å². The van der Waals surface area contributed by atoms with Crippen molar-refractivity contribution in [3.05, 3.63) is 34.4 Å². The second-order valence-corrected chi connectivity index (χ2v) is 4.11. The largest absolute Gasteiger partial charge is 0.351 e. The highest BCUT2D eigenvalue weighted by Crippen LogP contribution is 2.06. The Bertz CT molecular complexity index is 663. The molecule has 0 atom stereocenters. The normalized spacial score (nSPS) is 10.6. The zero-order valence-electron chi connectivity index (χ0n) is 11.0. The predicted octanol–water partition coefficient (Wildman–Crippen LogP) is 0.951. The minimum absolute atomic E-state index is 0.0733. The molecule has 1 N–H and O–H groups in total. The first-order chi connectivity index (χ1) is 9.19. The lowest BCUT2D eigenvalue weighted by molar-refractivity contribution is 0.0947. The number of pyridine rings is 1. The van der Waals surface area contributed by atoms with Gasteiger partial charge in [0.15, 0.2) is 11.3 Å². The van der Waals surface area contributed by atoms with E-state index in [4.69, 9.17) is 0 Å². The van der Waals surface area contributed by atoms with Crippen molar-refractivity contribution in [2.45, 2.75) is 26.8 Å². The Morgan fingerprint density at radius 2 is 2.21 bits per heavy atom. The molecule has 0 aromatic carbocycles. The Kier molecular flexibility index (Phi) is 3.89. The van der Waals surface area contributed by atoms with Crippen LogP contribution < -0.4 is 10.9 Å². The van der Waals surface area contributed by atoms with Crippen LogP contribution in [0.4, 0.5) is 0 Å². The number of aromatic nitrogens is 3. The van der Waals surface area contributed by atoms with E-state index in [-0.39, 0.29) is 5.69 Å². The van der Waals surface area contributed by atoms with Crippen LogP contribution in [-0.2, 0) is 6.54 Å². The van der Waals surface area contributed by atoms with Crippen molar-refractivity contribution < 1.29 is 4.79 Å². The highest BCUT2D eigenvalue weighted by atomic mass is 16.2. The molecule has 0 unspecified atom stereocenters. The van der Waals surface area contributed by atoms with Gasteiger partial charge in [0.1, 0.15) is 5.52 Å². The Balaban J connectivity index is 2.59. The highest BCUT2D eigenvalue weighted by molar-refractivity contribution is 5.93. The summed E-state index contributed by atoms with van der Waals surface area (Å²) in [5.41, 5.74) is 0.575. The summed E-state index contributed by atoms with van der Waals surface area (Å²) in [6.45, 7) is 4.76. The number of amides is 1. The summed E-state index contributed by atoms with van der Waals surface area (Å²) >= 11 is 0. The SMILES string of the molecule is CCCNC(=O)c1nc2cccnc2n(CC)c1=O. The Morgan fingerprint density at radius 1 is 1.42 bits per heavy atom. The van der Waals surface area contributed by atoms with Crippen LogP contribution in [0.1, 0.15) is 30.8 Å². The molecule has 2 heterocycles. The third-order valence-electron chi connectivity index (χ3n) is 2.77. The first-order valence-corrected chi connectivity index (χ1v) is 6.32. The number of fused-ring (bicyclic) bond motifs is 1. The van der Waals surface area contributed by atoms with E-state index in [1.165, 1.54) is 4.57 Å². The van der Waals surface area contributed by atoms with Crippen LogP contribution in [-0.4, -0.2) is 27.0 Å². The van der Waals surface area contributed by atoms with Crippen molar-refractivity contribution in [1.82, 2.24) is 19.9 Å². The second kappa shape index (κ2) is 5.60. The quantitative estimate of drug-likeness (QED) is 0.888. The molecular weight excluding hydrogens is 244 g/mol. The fraction of sp³-hybridized carbons (Fsp3) is 0.385. The van der Waals surface area contributed by atoms with Crippen molar-refractivity contribution in [2.75, 3.05) is 6.54 Å². The standard InChI is InChI=1S/C13H16N4O2/c1-3-7-15-12(18)10-13(19)17(4-2)11-9(16-10)6-5-8-14-11/h5-6,8H,3-4,7H2,1-2H3,(H,15,18). The lowest BCUT2D eigenvalue weighted by Gasteiger charge is -2.09. The number of nitrogens with zero attached hydrogens (tertiary/aromatic N) is 3. The molecule has 2 aromatic heterocycles. The molecule has 0 aliphatic carbocycles. The van der Waals surface area contributed by atoms with Crippen LogP contribution in [0.3, 0.4) is 0 Å². The monoisotopic (exact) mass is 260 g/mol. The van der Waals surface area contributed by atoms with Gasteiger partial charge >= 0.3 is 0 Å². The molecule has 19 heavy (non-hydrogen) atoms. The number of rotatable bonds is 4. The van der Waals surface area contributed by atoms with Crippen molar-refractivity contribution in [1.29, 1.82) is 0 Å². The highest BCUT2D eigenvalue weighted by Gasteiger charge is 2.16. The third kappa shape index (κ3) is 2.47. The average molecular weight is 260 g/mol. The van der Waals surface area contributed by atoms with Crippen LogP contribution >= 0.6 is 0 Å². The zero-order valence-corrected chi connectivity index (χ0v) is 11.0. The van der Waals surface area contributed by atoms with E-state index >= 15 is 0 Å². The fourth-order valence-electron chi connectivity index (χ4n) is 1.84. The molecule has 0 saturated carbocycles. The van der Waals surface area contributed by atoms with Gasteiger partial charge in [-0.25, -0.2) is 9.97 Å². The van der Waals surface area contributed by atoms with Crippen LogP contribution in [0, 0.1) is 0 Å². The first-order valence-electron chi connectivity index (χ1n) is 6.32. The topological polar surface area (TPSA) is 76.9 Å². The Morgan fingerprint density at radius 3 is 2.89 bits per heavy atom. The van der Waals surface area contributed by atoms with Gasteiger partial charge < -0.3 is 5.32 Å². The summed E-state index contributed by atoms with van der Waals surface area (Å²) < 4.78 is 1.46. The van der Waals surface area contributed by atoms with Crippen molar-refractivity contribution in [2.24, 2.45) is 0 Å². The fourth-order valence-corrected chi connectivity index (χ4v) is 1.84. The van der Waals surface area contributed by atoms with Gasteiger partial charge in [-0.1, -0.05) is 6.92 Å². The summed E-state index contributed by atoms with van der Waals surface area (Å²) in [6, 6.07) is 3.47. The van der Waals surface area contributed by atoms with E-state index in [0.29, 0.717) is 24.3 Å². The molecule has 0 aliphatic rings. The molecule has 2 aromatic rings. The van der Waals surface area contributed by atoms with Crippen LogP contribution in [0.15, 0.2) is 23.1 Å². The molecule has 0 saturated heterocycles. The Labute approximate surface area is 110 Å². The average Bonchev–Trinajstić information content (AvgIpc) is 2.44. The molecule has 0 fully saturated rings. The summed E-state index contributed by atoms with van der Waals surface area (Å²) in [5, 5.41) is 2.67. The van der Waals surface area contributed by atoms with E-state index in [0.717, 1.165) is 6.42 Å². The number of carbonyl (C=O) groups is 1. The molecule has 6 nitrogen and oxygen atoms in total. The molecule has 2 rings (SSSR count). The van der Waals surface area contributed by atoms with Gasteiger partial charge in [-0.15, -0.1) is 0 Å². The van der Waals surface area contributed by atoms with Gasteiger partial charge in [-0.2, -0.15) is 0 Å². The summed E-state index contributed by atoms with van der Waals surface area (Å²) in [6.07, 6.45) is 2.41. The summed E-state index contributed by atoms with van der Waals surface area (Å²) in [4.78, 5) is 32.4. The number of hydrogen-bond acceptors (Lipinski definition) is 4. The molecule has 1 amide bonds. The van der Waals surface area contributed by atoms with Gasteiger partial charge in [0.05, 0.1) is 0 Å². The maximum Gasteiger partial charge on any atom is 0.283 e. The van der Waals surface area contributed by atoms with E-state index in [2.05, 4.69) is 15.3 Å². The van der Waals surface area contributed by atoms with Crippen molar-refractivity contribution >= 4 is 17.1 Å². The molecule has 6 heteroatoms. The third-order valence-corrected chi connectivity index (χ3v) is 2.77. The van der Waals surface area contributed by atoms with Gasteiger partial charge in [0.25, 0.3) is 11.5 Å². The van der Waals surface area contributed by atoms with Gasteiger partial charge in [-0.05, 0) is 25.5 Å². The van der Waals surface area contributed by atoms with Crippen molar-refractivity contribution in [3.63, 3.8) is 0 Å². The smallest absolute Gasteiger partial charge is 0.283 e. The van der Waals surface area contributed by atoms with E-state index in [9.17, 15) is 9.59 Å². The second-order valence-electron chi connectivity index (χ2n) is 4.11. The number of carbonyl (C=O) groups excluding carboxylic acids is 1. The zero-order chi connectivity index (χ0) is 13.8. The summed E-state index contributed by atoms with van der Waals surface area (Å²) in [7, 11) is 0. The minimum Gasteiger partial charge on any atom is -0.351 e. The van der Waals surface area contributed by atoms with Gasteiger partial charge in [0, 0.05) is 19.3 Å². The predicted molar refractivity (Wildman–Crippen MR) is 72.1 cm³/mol. The maximum atomic E-state index is 12.2. The molecular formula is C13H16N4O2. The number of nitrogens with one attached hydrogen (secondary N) is 1. The Hall–Kier alpha value is -2.24. The number of hydrogen-bond donors (Lipinski definition) is 1. The van der Waals surface area contributed by atoms with Gasteiger partial charge in [-0.3, -0.25) is 14.2 Å². The first kappa shape index (κ1) is 13.2. The number of aryl methyl sites for hydroxylation is 1. The minimum atomic E-state index is -0.431. The maximum absolute atomic E-state index is 12.2. The van der Waals surface area contributed by atoms with E-state index in [1.54, 1.807) is 18.3 Å².